The molecular formula is C16H21N3O2. The summed E-state index contributed by atoms with van der Waals surface area (Å²) in [6.45, 7) is 2.88. The molecule has 5 nitrogen and oxygen atoms in total. The molecule has 1 unspecified atom stereocenters. The van der Waals surface area contributed by atoms with Crippen LogP contribution in [0.3, 0.4) is 0 Å². The van der Waals surface area contributed by atoms with Crippen molar-refractivity contribution < 1.29 is 9.90 Å². The maximum absolute atomic E-state index is 12.8. The number of H-pyrrole nitrogens is 1. The van der Waals surface area contributed by atoms with E-state index in [0.717, 1.165) is 42.3 Å². The normalized spacial score (nSPS) is 19.1. The van der Waals surface area contributed by atoms with E-state index in [4.69, 9.17) is 0 Å². The van der Waals surface area contributed by atoms with Crippen LogP contribution in [0.25, 0.3) is 10.9 Å². The number of aliphatic hydroxyl groups is 1. The Bertz CT molecular complexity index is 648. The minimum absolute atomic E-state index is 0.0231. The third-order valence-corrected chi connectivity index (χ3v) is 4.27. The summed E-state index contributed by atoms with van der Waals surface area (Å²) in [6, 6.07) is 6.09. The van der Waals surface area contributed by atoms with Crippen molar-refractivity contribution in [1.29, 1.82) is 0 Å². The Morgan fingerprint density at radius 2 is 2.33 bits per heavy atom. The number of hydrogen-bond acceptors (Lipinski definition) is 3. The van der Waals surface area contributed by atoms with Crippen molar-refractivity contribution in [1.82, 2.24) is 15.1 Å². The van der Waals surface area contributed by atoms with Gasteiger partial charge in [-0.05, 0) is 44.7 Å². The smallest absolute Gasteiger partial charge is 0.275 e. The Morgan fingerprint density at radius 1 is 1.48 bits per heavy atom. The van der Waals surface area contributed by atoms with Crippen LogP contribution in [-0.4, -0.2) is 45.3 Å². The molecule has 1 aromatic heterocycles. The number of aromatic amines is 1. The topological polar surface area (TPSA) is 69.2 Å². The molecule has 1 fully saturated rings. The highest BCUT2D eigenvalue weighted by atomic mass is 16.3. The first-order valence-electron chi connectivity index (χ1n) is 7.57. The van der Waals surface area contributed by atoms with Crippen LogP contribution >= 0.6 is 0 Å². The number of nitrogens with zero attached hydrogens (tertiary/aromatic N) is 2. The van der Waals surface area contributed by atoms with Crippen molar-refractivity contribution in [3.63, 3.8) is 0 Å². The average Bonchev–Trinajstić information content (AvgIpc) is 2.90. The maximum Gasteiger partial charge on any atom is 0.275 e. The molecule has 21 heavy (non-hydrogen) atoms. The number of aromatic nitrogens is 2. The Labute approximate surface area is 124 Å². The summed E-state index contributed by atoms with van der Waals surface area (Å²) in [5, 5.41) is 17.2. The minimum Gasteiger partial charge on any atom is -0.396 e. The molecule has 0 radical (unpaired) electrons. The highest BCUT2D eigenvalue weighted by molar-refractivity contribution is 6.04. The quantitative estimate of drug-likeness (QED) is 0.909. The first-order valence-corrected chi connectivity index (χ1v) is 7.57. The Morgan fingerprint density at radius 3 is 3.14 bits per heavy atom. The lowest BCUT2D eigenvalue weighted by Crippen LogP contribution is -2.44. The van der Waals surface area contributed by atoms with E-state index in [2.05, 4.69) is 10.2 Å². The second kappa shape index (κ2) is 5.85. The maximum atomic E-state index is 12.8. The number of amides is 1. The molecule has 2 heterocycles. The van der Waals surface area contributed by atoms with Gasteiger partial charge in [-0.3, -0.25) is 9.89 Å². The zero-order valence-electron chi connectivity index (χ0n) is 12.3. The molecule has 1 amide bonds. The van der Waals surface area contributed by atoms with Crippen LogP contribution in [0.2, 0.25) is 0 Å². The number of piperidine rings is 1. The van der Waals surface area contributed by atoms with Gasteiger partial charge in [0.1, 0.15) is 0 Å². The fraction of sp³-hybridized carbons (Fsp3) is 0.500. The summed E-state index contributed by atoms with van der Waals surface area (Å²) in [4.78, 5) is 14.7. The van der Waals surface area contributed by atoms with Gasteiger partial charge < -0.3 is 10.0 Å². The van der Waals surface area contributed by atoms with Crippen molar-refractivity contribution in [2.24, 2.45) is 0 Å². The zero-order chi connectivity index (χ0) is 14.8. The van der Waals surface area contributed by atoms with E-state index in [9.17, 15) is 9.90 Å². The summed E-state index contributed by atoms with van der Waals surface area (Å²) >= 11 is 0. The van der Waals surface area contributed by atoms with Crippen LogP contribution in [0.5, 0.6) is 0 Å². The third-order valence-electron chi connectivity index (χ3n) is 4.27. The lowest BCUT2D eigenvalue weighted by Gasteiger charge is -2.35. The number of hydrogen-bond donors (Lipinski definition) is 2. The summed E-state index contributed by atoms with van der Waals surface area (Å²) in [5.41, 5.74) is 2.50. The molecule has 1 aliphatic heterocycles. The van der Waals surface area contributed by atoms with E-state index in [1.165, 1.54) is 0 Å². The van der Waals surface area contributed by atoms with E-state index in [1.54, 1.807) is 0 Å². The van der Waals surface area contributed by atoms with Crippen molar-refractivity contribution in [3.8, 4) is 0 Å². The number of carbonyl (C=O) groups excluding carboxylic acids is 1. The standard InChI is InChI=1S/C16H21N3O2/c1-11-5-6-14-13(10-11)15(18-17-14)16(21)19-8-3-2-4-12(19)7-9-20/h5-6,10,12,20H,2-4,7-9H2,1H3,(H,17,18). The molecule has 0 spiro atoms. The molecule has 1 aromatic carbocycles. The fourth-order valence-corrected chi connectivity index (χ4v) is 3.14. The Hall–Kier alpha value is -1.88. The summed E-state index contributed by atoms with van der Waals surface area (Å²) in [5.74, 6) is -0.0231. The number of likely N-dealkylation sites (tertiary alicyclic amines) is 1. The molecule has 1 aliphatic rings. The highest BCUT2D eigenvalue weighted by Gasteiger charge is 2.29. The molecule has 0 bridgehead atoms. The molecule has 0 aliphatic carbocycles. The summed E-state index contributed by atoms with van der Waals surface area (Å²) in [6.07, 6.45) is 3.75. The van der Waals surface area contributed by atoms with E-state index >= 15 is 0 Å². The van der Waals surface area contributed by atoms with Gasteiger partial charge in [0.05, 0.1) is 5.52 Å². The van der Waals surface area contributed by atoms with E-state index < -0.39 is 0 Å². The number of nitrogens with one attached hydrogen (secondary N) is 1. The average molecular weight is 287 g/mol. The number of aryl methyl sites for hydroxylation is 1. The summed E-state index contributed by atoms with van der Waals surface area (Å²) in [7, 11) is 0. The predicted octanol–water partition coefficient (Wildman–Crippen LogP) is 2.25. The van der Waals surface area contributed by atoms with Gasteiger partial charge in [-0.1, -0.05) is 11.6 Å². The molecule has 112 valence electrons. The summed E-state index contributed by atoms with van der Waals surface area (Å²) < 4.78 is 0. The monoisotopic (exact) mass is 287 g/mol. The lowest BCUT2D eigenvalue weighted by molar-refractivity contribution is 0.0570. The van der Waals surface area contributed by atoms with E-state index in [-0.39, 0.29) is 18.6 Å². The second-order valence-electron chi connectivity index (χ2n) is 5.78. The molecule has 1 atom stereocenters. The third kappa shape index (κ3) is 2.65. The van der Waals surface area contributed by atoms with Gasteiger partial charge in [0.2, 0.25) is 0 Å². The van der Waals surface area contributed by atoms with Gasteiger partial charge in [-0.15, -0.1) is 0 Å². The van der Waals surface area contributed by atoms with Gasteiger partial charge in [0, 0.05) is 24.6 Å². The number of carbonyl (C=O) groups is 1. The van der Waals surface area contributed by atoms with Crippen LogP contribution in [0.15, 0.2) is 18.2 Å². The Kier molecular flexibility index (Phi) is 3.92. The SMILES string of the molecule is Cc1ccc2[nH]nc(C(=O)N3CCCCC3CCO)c2c1. The molecule has 2 N–H and O–H groups in total. The highest BCUT2D eigenvalue weighted by Crippen LogP contribution is 2.24. The molecule has 0 saturated carbocycles. The van der Waals surface area contributed by atoms with E-state index in [0.29, 0.717) is 12.1 Å². The number of benzene rings is 1. The first-order chi connectivity index (χ1) is 10.2. The second-order valence-corrected chi connectivity index (χ2v) is 5.78. The van der Waals surface area contributed by atoms with Crippen LogP contribution in [-0.2, 0) is 0 Å². The molecular weight excluding hydrogens is 266 g/mol. The van der Waals surface area contributed by atoms with Crippen LogP contribution < -0.4 is 0 Å². The van der Waals surface area contributed by atoms with Crippen LogP contribution in [0.1, 0.15) is 41.7 Å². The molecule has 5 heteroatoms. The molecule has 1 saturated heterocycles. The predicted molar refractivity (Wildman–Crippen MR) is 81.2 cm³/mol. The van der Waals surface area contributed by atoms with Gasteiger partial charge in [0.15, 0.2) is 5.69 Å². The molecule has 3 rings (SSSR count). The lowest BCUT2D eigenvalue weighted by atomic mass is 9.99. The van der Waals surface area contributed by atoms with Crippen molar-refractivity contribution in [2.45, 2.75) is 38.6 Å². The van der Waals surface area contributed by atoms with Crippen LogP contribution in [0, 0.1) is 6.92 Å². The van der Waals surface area contributed by atoms with Gasteiger partial charge in [-0.2, -0.15) is 5.10 Å². The van der Waals surface area contributed by atoms with Crippen LogP contribution in [0.4, 0.5) is 0 Å². The van der Waals surface area contributed by atoms with Gasteiger partial charge in [-0.25, -0.2) is 0 Å². The van der Waals surface area contributed by atoms with Crippen molar-refractivity contribution in [3.05, 3.63) is 29.5 Å². The first kappa shape index (κ1) is 14.1. The number of aliphatic hydroxyl groups excluding tert-OH is 1. The molecule has 2 aromatic rings. The zero-order valence-corrected chi connectivity index (χ0v) is 12.3. The van der Waals surface area contributed by atoms with Crippen molar-refractivity contribution in [2.75, 3.05) is 13.2 Å². The van der Waals surface area contributed by atoms with Gasteiger partial charge in [0.25, 0.3) is 5.91 Å². The van der Waals surface area contributed by atoms with Crippen molar-refractivity contribution >= 4 is 16.8 Å². The fourth-order valence-electron chi connectivity index (χ4n) is 3.14. The Balaban J connectivity index is 1.93. The van der Waals surface area contributed by atoms with E-state index in [1.807, 2.05) is 30.0 Å². The number of rotatable bonds is 3. The largest absolute Gasteiger partial charge is 0.396 e. The van der Waals surface area contributed by atoms with Gasteiger partial charge >= 0.3 is 0 Å². The minimum atomic E-state index is -0.0231. The number of fused-ring (bicyclic) bond motifs is 1.